The van der Waals surface area contributed by atoms with Crippen LogP contribution in [0.15, 0.2) is 18.3 Å². The summed E-state index contributed by atoms with van der Waals surface area (Å²) >= 11 is 0. The minimum atomic E-state index is 0.0278. The molecule has 0 saturated heterocycles. The maximum atomic E-state index is 12.9. The standard InChI is InChI=1S/C20H35N3O2/c1-7-9-19(24)23(13-17(4)5)15-20(25)22(12-16(2)3)14-18-10-8-11-21(18)6/h8,10-11,16-17H,7,9,12-15H2,1-6H3. The molecule has 142 valence electrons. The first-order valence-electron chi connectivity index (χ1n) is 9.40. The predicted octanol–water partition coefficient (Wildman–Crippen LogP) is 3.29. The molecule has 0 bridgehead atoms. The van der Waals surface area contributed by atoms with Crippen molar-refractivity contribution in [3.05, 3.63) is 24.0 Å². The predicted molar refractivity (Wildman–Crippen MR) is 102 cm³/mol. The van der Waals surface area contributed by atoms with Gasteiger partial charge >= 0.3 is 0 Å². The zero-order valence-electron chi connectivity index (χ0n) is 16.8. The van der Waals surface area contributed by atoms with E-state index in [0.717, 1.165) is 12.1 Å². The van der Waals surface area contributed by atoms with Gasteiger partial charge in [-0.3, -0.25) is 9.59 Å². The molecule has 1 aromatic heterocycles. The summed E-state index contributed by atoms with van der Waals surface area (Å²) in [7, 11) is 1.99. The molecule has 1 heterocycles. The third-order valence-corrected chi connectivity index (χ3v) is 4.07. The summed E-state index contributed by atoms with van der Waals surface area (Å²) in [5.74, 6) is 0.835. The lowest BCUT2D eigenvalue weighted by Gasteiger charge is -2.30. The average Bonchev–Trinajstić information content (AvgIpc) is 2.90. The molecule has 5 heteroatoms. The second-order valence-electron chi connectivity index (χ2n) is 7.70. The van der Waals surface area contributed by atoms with E-state index in [9.17, 15) is 9.59 Å². The first kappa shape index (κ1) is 21.3. The number of hydrogen-bond donors (Lipinski definition) is 0. The molecule has 0 spiro atoms. The highest BCUT2D eigenvalue weighted by molar-refractivity contribution is 5.84. The van der Waals surface area contributed by atoms with Gasteiger partial charge in [0.1, 0.15) is 0 Å². The number of aryl methyl sites for hydroxylation is 1. The van der Waals surface area contributed by atoms with E-state index < -0.39 is 0 Å². The third kappa shape index (κ3) is 7.32. The zero-order valence-corrected chi connectivity index (χ0v) is 16.8. The van der Waals surface area contributed by atoms with Crippen molar-refractivity contribution in [1.82, 2.24) is 14.4 Å². The Kier molecular flexibility index (Phi) is 8.73. The topological polar surface area (TPSA) is 45.6 Å². The van der Waals surface area contributed by atoms with E-state index in [0.29, 0.717) is 37.9 Å². The number of hydrogen-bond acceptors (Lipinski definition) is 2. The largest absolute Gasteiger partial charge is 0.353 e. The molecule has 0 N–H and O–H groups in total. The van der Waals surface area contributed by atoms with Gasteiger partial charge in [0.25, 0.3) is 0 Å². The quantitative estimate of drug-likeness (QED) is 0.651. The van der Waals surface area contributed by atoms with E-state index in [-0.39, 0.29) is 18.4 Å². The van der Waals surface area contributed by atoms with Crippen molar-refractivity contribution >= 4 is 11.8 Å². The summed E-state index contributed by atoms with van der Waals surface area (Å²) in [6.07, 6.45) is 3.30. The van der Waals surface area contributed by atoms with E-state index in [4.69, 9.17) is 0 Å². The molecule has 5 nitrogen and oxygen atoms in total. The molecular weight excluding hydrogens is 314 g/mol. The number of nitrogens with zero attached hydrogens (tertiary/aromatic N) is 3. The molecule has 25 heavy (non-hydrogen) atoms. The molecule has 1 rings (SSSR count). The Morgan fingerprint density at radius 3 is 2.12 bits per heavy atom. The average molecular weight is 350 g/mol. The number of rotatable bonds is 10. The summed E-state index contributed by atoms with van der Waals surface area (Å²) < 4.78 is 2.04. The lowest BCUT2D eigenvalue weighted by Crippen LogP contribution is -2.45. The van der Waals surface area contributed by atoms with Gasteiger partial charge in [0.05, 0.1) is 13.1 Å². The Morgan fingerprint density at radius 1 is 1.04 bits per heavy atom. The van der Waals surface area contributed by atoms with Crippen LogP contribution in [0.4, 0.5) is 0 Å². The summed E-state index contributed by atoms with van der Waals surface area (Å²) in [4.78, 5) is 28.9. The number of carbonyl (C=O) groups is 2. The van der Waals surface area contributed by atoms with Gasteiger partial charge in [0.15, 0.2) is 0 Å². The van der Waals surface area contributed by atoms with Gasteiger partial charge in [-0.05, 0) is 30.4 Å². The summed E-state index contributed by atoms with van der Waals surface area (Å²) in [5, 5.41) is 0. The van der Waals surface area contributed by atoms with E-state index >= 15 is 0 Å². The van der Waals surface area contributed by atoms with E-state index in [2.05, 4.69) is 27.7 Å². The summed E-state index contributed by atoms with van der Waals surface area (Å²) in [6, 6.07) is 4.03. The molecule has 0 fully saturated rings. The minimum Gasteiger partial charge on any atom is -0.353 e. The van der Waals surface area contributed by atoms with Gasteiger partial charge in [-0.2, -0.15) is 0 Å². The Labute approximate surface area is 153 Å². The van der Waals surface area contributed by atoms with Gasteiger partial charge in [0.2, 0.25) is 11.8 Å². The van der Waals surface area contributed by atoms with Crippen molar-refractivity contribution < 1.29 is 9.59 Å². The van der Waals surface area contributed by atoms with Gasteiger partial charge in [0, 0.05) is 38.4 Å². The highest BCUT2D eigenvalue weighted by Crippen LogP contribution is 2.11. The fourth-order valence-electron chi connectivity index (χ4n) is 2.88. The number of aromatic nitrogens is 1. The maximum absolute atomic E-state index is 12.9. The van der Waals surface area contributed by atoms with Crippen molar-refractivity contribution in [1.29, 1.82) is 0 Å². The van der Waals surface area contributed by atoms with Gasteiger partial charge in [-0.1, -0.05) is 34.6 Å². The van der Waals surface area contributed by atoms with E-state index in [1.165, 1.54) is 0 Å². The van der Waals surface area contributed by atoms with Crippen molar-refractivity contribution in [3.63, 3.8) is 0 Å². The maximum Gasteiger partial charge on any atom is 0.242 e. The Bertz CT molecular complexity index is 549. The van der Waals surface area contributed by atoms with Crippen LogP contribution in [0, 0.1) is 11.8 Å². The van der Waals surface area contributed by atoms with Crippen LogP contribution in [0.2, 0.25) is 0 Å². The smallest absolute Gasteiger partial charge is 0.242 e. The second kappa shape index (κ2) is 10.3. The number of amides is 2. The van der Waals surface area contributed by atoms with Crippen LogP contribution >= 0.6 is 0 Å². The van der Waals surface area contributed by atoms with Crippen molar-refractivity contribution in [2.45, 2.75) is 54.0 Å². The molecule has 0 aromatic carbocycles. The van der Waals surface area contributed by atoms with Gasteiger partial charge in [-0.25, -0.2) is 0 Å². The normalized spacial score (nSPS) is 11.2. The third-order valence-electron chi connectivity index (χ3n) is 4.07. The Morgan fingerprint density at radius 2 is 1.64 bits per heavy atom. The van der Waals surface area contributed by atoms with Crippen LogP contribution < -0.4 is 0 Å². The minimum absolute atomic E-state index is 0.0278. The van der Waals surface area contributed by atoms with Crippen LogP contribution in [0.3, 0.4) is 0 Å². The Balaban J connectivity index is 2.86. The van der Waals surface area contributed by atoms with Gasteiger partial charge in [-0.15, -0.1) is 0 Å². The SMILES string of the molecule is CCCC(=O)N(CC(=O)N(Cc1cccn1C)CC(C)C)CC(C)C. The van der Waals surface area contributed by atoms with Crippen LogP contribution in [0.1, 0.15) is 53.2 Å². The highest BCUT2D eigenvalue weighted by atomic mass is 16.2. The van der Waals surface area contributed by atoms with E-state index in [1.807, 2.05) is 41.8 Å². The monoisotopic (exact) mass is 349 g/mol. The lowest BCUT2D eigenvalue weighted by atomic mass is 10.1. The molecule has 0 aliphatic rings. The molecule has 0 atom stereocenters. The van der Waals surface area contributed by atoms with Crippen molar-refractivity contribution in [2.24, 2.45) is 18.9 Å². The molecular formula is C20H35N3O2. The molecule has 1 aromatic rings. The zero-order chi connectivity index (χ0) is 19.0. The number of carbonyl (C=O) groups excluding carboxylic acids is 2. The summed E-state index contributed by atoms with van der Waals surface area (Å²) in [5.41, 5.74) is 1.10. The molecule has 0 aliphatic heterocycles. The van der Waals surface area contributed by atoms with Crippen LogP contribution in [0.5, 0.6) is 0 Å². The fourth-order valence-corrected chi connectivity index (χ4v) is 2.88. The first-order valence-corrected chi connectivity index (χ1v) is 9.40. The van der Waals surface area contributed by atoms with Crippen LogP contribution in [-0.2, 0) is 23.2 Å². The van der Waals surface area contributed by atoms with E-state index in [1.54, 1.807) is 4.90 Å². The second-order valence-corrected chi connectivity index (χ2v) is 7.70. The van der Waals surface area contributed by atoms with Crippen LogP contribution in [0.25, 0.3) is 0 Å². The van der Waals surface area contributed by atoms with Gasteiger partial charge < -0.3 is 14.4 Å². The first-order chi connectivity index (χ1) is 11.7. The molecule has 2 amide bonds. The highest BCUT2D eigenvalue weighted by Gasteiger charge is 2.22. The molecule has 0 aliphatic carbocycles. The fraction of sp³-hybridized carbons (Fsp3) is 0.700. The van der Waals surface area contributed by atoms with Crippen molar-refractivity contribution in [3.8, 4) is 0 Å². The molecule has 0 saturated carbocycles. The summed E-state index contributed by atoms with van der Waals surface area (Å²) in [6.45, 7) is 12.4. The molecule has 0 unspecified atom stereocenters. The lowest BCUT2D eigenvalue weighted by molar-refractivity contribution is -0.141. The molecule has 0 radical (unpaired) electrons. The van der Waals surface area contributed by atoms with Crippen molar-refractivity contribution in [2.75, 3.05) is 19.6 Å². The Hall–Kier alpha value is -1.78. The van der Waals surface area contributed by atoms with Crippen LogP contribution in [-0.4, -0.2) is 45.8 Å².